The van der Waals surface area contributed by atoms with Gasteiger partial charge >= 0.3 is 12.0 Å². The second kappa shape index (κ2) is 9.17. The van der Waals surface area contributed by atoms with Gasteiger partial charge in [-0.1, -0.05) is 34.1 Å². The summed E-state index contributed by atoms with van der Waals surface area (Å²) >= 11 is 0. The minimum absolute atomic E-state index is 0.204. The minimum atomic E-state index is -0.905. The van der Waals surface area contributed by atoms with Crippen LogP contribution in [0.2, 0.25) is 0 Å². The molecule has 1 saturated carbocycles. The number of nitrogens with zero attached hydrogens (tertiary/aromatic N) is 2. The number of rotatable bonds is 6. The molecule has 3 aliphatic rings. The molecule has 3 fully saturated rings. The molecule has 0 unspecified atom stereocenters. The largest absolute Gasteiger partial charge is 0.454 e. The molecule has 0 aromatic heterocycles. The molecule has 2 aliphatic heterocycles. The number of imide groups is 1. The van der Waals surface area contributed by atoms with Crippen molar-refractivity contribution in [2.24, 2.45) is 17.3 Å². The number of nitrogens with one attached hydrogen (secondary N) is 1. The Morgan fingerprint density at radius 1 is 1.13 bits per heavy atom. The van der Waals surface area contributed by atoms with E-state index < -0.39 is 24.1 Å². The highest BCUT2D eigenvalue weighted by Gasteiger charge is 2.53. The Labute approximate surface area is 185 Å². The van der Waals surface area contributed by atoms with Gasteiger partial charge in [0.05, 0.1) is 0 Å². The van der Waals surface area contributed by atoms with Crippen molar-refractivity contribution in [3.63, 3.8) is 0 Å². The fourth-order valence-corrected chi connectivity index (χ4v) is 5.01. The molecule has 0 radical (unpaired) electrons. The van der Waals surface area contributed by atoms with Crippen LogP contribution in [0.4, 0.5) is 4.79 Å². The van der Waals surface area contributed by atoms with Gasteiger partial charge in [-0.2, -0.15) is 0 Å². The van der Waals surface area contributed by atoms with E-state index in [2.05, 4.69) is 33.0 Å². The van der Waals surface area contributed by atoms with Crippen molar-refractivity contribution in [2.75, 3.05) is 26.2 Å². The molecule has 174 valence electrons. The van der Waals surface area contributed by atoms with Crippen LogP contribution < -0.4 is 5.32 Å². The van der Waals surface area contributed by atoms with Gasteiger partial charge in [-0.3, -0.25) is 19.3 Å². The molecule has 4 amide bonds. The number of carbonyl (C=O) groups excluding carboxylic acids is 4. The lowest BCUT2D eigenvalue weighted by Crippen LogP contribution is -2.51. The number of esters is 1. The predicted molar refractivity (Wildman–Crippen MR) is 115 cm³/mol. The van der Waals surface area contributed by atoms with Crippen molar-refractivity contribution in [1.82, 2.24) is 15.1 Å². The average molecular weight is 436 g/mol. The summed E-state index contributed by atoms with van der Waals surface area (Å²) in [6.45, 7) is 9.36. The van der Waals surface area contributed by atoms with E-state index in [4.69, 9.17) is 4.74 Å². The highest BCUT2D eigenvalue weighted by molar-refractivity contribution is 6.08. The molecular formula is C23H37N3O5. The molecule has 8 nitrogen and oxygen atoms in total. The summed E-state index contributed by atoms with van der Waals surface area (Å²) in [6.07, 6.45) is 5.87. The van der Waals surface area contributed by atoms with Crippen LogP contribution in [-0.2, 0) is 19.1 Å². The second-order valence-electron chi connectivity index (χ2n) is 10.2. The van der Waals surface area contributed by atoms with Crippen molar-refractivity contribution in [2.45, 2.75) is 78.2 Å². The summed E-state index contributed by atoms with van der Waals surface area (Å²) in [4.78, 5) is 52.6. The topological polar surface area (TPSA) is 96.0 Å². The lowest BCUT2D eigenvalue weighted by atomic mass is 9.65. The monoisotopic (exact) mass is 435 g/mol. The van der Waals surface area contributed by atoms with Crippen molar-refractivity contribution < 1.29 is 23.9 Å². The molecule has 0 atom stereocenters. The Balaban J connectivity index is 1.50. The molecule has 2 heterocycles. The molecule has 8 heteroatoms. The number of likely N-dealkylation sites (tertiary alicyclic amines) is 1. The van der Waals surface area contributed by atoms with E-state index >= 15 is 0 Å². The van der Waals surface area contributed by atoms with Crippen LogP contribution in [-0.4, -0.2) is 65.4 Å². The van der Waals surface area contributed by atoms with E-state index in [0.717, 1.165) is 37.0 Å². The van der Waals surface area contributed by atoms with Crippen LogP contribution in [0.3, 0.4) is 0 Å². The van der Waals surface area contributed by atoms with Gasteiger partial charge in [-0.15, -0.1) is 0 Å². The highest BCUT2D eigenvalue weighted by Crippen LogP contribution is 2.45. The van der Waals surface area contributed by atoms with Gasteiger partial charge in [0.2, 0.25) is 0 Å². The number of piperidine rings is 1. The molecular weight excluding hydrogens is 398 g/mol. The zero-order valence-corrected chi connectivity index (χ0v) is 19.4. The molecule has 31 heavy (non-hydrogen) atoms. The first kappa shape index (κ1) is 23.5. The zero-order chi connectivity index (χ0) is 22.8. The van der Waals surface area contributed by atoms with E-state index in [9.17, 15) is 19.2 Å². The summed E-state index contributed by atoms with van der Waals surface area (Å²) < 4.78 is 5.09. The normalized spacial score (nSPS) is 27.5. The second-order valence-corrected chi connectivity index (χ2v) is 10.2. The van der Waals surface area contributed by atoms with E-state index in [1.807, 2.05) is 0 Å². The summed E-state index contributed by atoms with van der Waals surface area (Å²) in [5, 5.41) is 2.84. The van der Waals surface area contributed by atoms with Crippen LogP contribution in [0.5, 0.6) is 0 Å². The standard InChI is InChI=1S/C23H37N3O5/c1-5-22(3,4)17-6-10-23(11-7-17)20(29)26(21(30)24-23)14-19(28)31-15-18(27)25-12-8-16(2)9-13-25/h16-17H,5-15H2,1-4H3,(H,24,30). The molecule has 1 spiro atoms. The SMILES string of the molecule is CCC(C)(C)C1CCC2(CC1)NC(=O)N(CC(=O)OCC(=O)N1CCC(C)CC1)C2=O. The lowest BCUT2D eigenvalue weighted by molar-refractivity contribution is -0.154. The summed E-state index contributed by atoms with van der Waals surface area (Å²) in [7, 11) is 0. The molecule has 1 aliphatic carbocycles. The maximum absolute atomic E-state index is 13.0. The zero-order valence-electron chi connectivity index (χ0n) is 19.4. The van der Waals surface area contributed by atoms with Gasteiger partial charge < -0.3 is 15.0 Å². The lowest BCUT2D eigenvalue weighted by Gasteiger charge is -2.42. The fraction of sp³-hybridized carbons (Fsp3) is 0.826. The third-order valence-corrected chi connectivity index (χ3v) is 7.88. The van der Waals surface area contributed by atoms with Crippen LogP contribution >= 0.6 is 0 Å². The van der Waals surface area contributed by atoms with Gasteiger partial charge in [0, 0.05) is 13.1 Å². The van der Waals surface area contributed by atoms with E-state index in [1.54, 1.807) is 4.90 Å². The Kier molecular flexibility index (Phi) is 6.96. The Morgan fingerprint density at radius 3 is 2.32 bits per heavy atom. The van der Waals surface area contributed by atoms with E-state index in [-0.39, 0.29) is 23.8 Å². The number of amides is 4. The Bertz CT molecular complexity index is 719. The summed E-state index contributed by atoms with van der Waals surface area (Å²) in [6, 6.07) is -0.550. The van der Waals surface area contributed by atoms with Gasteiger partial charge in [0.1, 0.15) is 12.1 Å². The molecule has 0 aromatic carbocycles. The number of urea groups is 1. The molecule has 0 bridgehead atoms. The highest BCUT2D eigenvalue weighted by atomic mass is 16.5. The third kappa shape index (κ3) is 5.04. The van der Waals surface area contributed by atoms with Gasteiger partial charge in [0.25, 0.3) is 11.8 Å². The first-order chi connectivity index (χ1) is 14.6. The number of ether oxygens (including phenoxy) is 1. The van der Waals surface area contributed by atoms with Crippen LogP contribution in [0.25, 0.3) is 0 Å². The summed E-state index contributed by atoms with van der Waals surface area (Å²) in [5.74, 6) is -0.207. The smallest absolute Gasteiger partial charge is 0.326 e. The molecule has 3 rings (SSSR count). The van der Waals surface area contributed by atoms with E-state index in [1.165, 1.54) is 0 Å². The van der Waals surface area contributed by atoms with Crippen molar-refractivity contribution >= 4 is 23.8 Å². The molecule has 2 saturated heterocycles. The Hall–Kier alpha value is -2.12. The maximum Gasteiger partial charge on any atom is 0.326 e. The number of hydrogen-bond donors (Lipinski definition) is 1. The first-order valence-corrected chi connectivity index (χ1v) is 11.7. The quantitative estimate of drug-likeness (QED) is 0.511. The molecule has 0 aromatic rings. The maximum atomic E-state index is 13.0. The van der Waals surface area contributed by atoms with Crippen LogP contribution in [0, 0.1) is 17.3 Å². The van der Waals surface area contributed by atoms with Gasteiger partial charge in [0.15, 0.2) is 6.61 Å². The number of hydrogen-bond acceptors (Lipinski definition) is 5. The van der Waals surface area contributed by atoms with E-state index in [0.29, 0.717) is 37.8 Å². The Morgan fingerprint density at radius 2 is 1.74 bits per heavy atom. The molecule has 1 N–H and O–H groups in total. The van der Waals surface area contributed by atoms with Crippen molar-refractivity contribution in [1.29, 1.82) is 0 Å². The van der Waals surface area contributed by atoms with Gasteiger partial charge in [-0.25, -0.2) is 4.79 Å². The third-order valence-electron chi connectivity index (χ3n) is 7.88. The van der Waals surface area contributed by atoms with Crippen molar-refractivity contribution in [3.8, 4) is 0 Å². The fourth-order valence-electron chi connectivity index (χ4n) is 5.01. The van der Waals surface area contributed by atoms with Gasteiger partial charge in [-0.05, 0) is 55.8 Å². The van der Waals surface area contributed by atoms with Crippen LogP contribution in [0.1, 0.15) is 72.6 Å². The average Bonchev–Trinajstić information content (AvgIpc) is 2.96. The first-order valence-electron chi connectivity index (χ1n) is 11.7. The summed E-state index contributed by atoms with van der Waals surface area (Å²) in [5.41, 5.74) is -0.701. The van der Waals surface area contributed by atoms with Crippen molar-refractivity contribution in [3.05, 3.63) is 0 Å². The minimum Gasteiger partial charge on any atom is -0.454 e. The number of carbonyl (C=O) groups is 4. The predicted octanol–water partition coefficient (Wildman–Crippen LogP) is 2.71. The van der Waals surface area contributed by atoms with Crippen LogP contribution in [0.15, 0.2) is 0 Å².